The zero-order valence-electron chi connectivity index (χ0n) is 22.4. The molecule has 0 radical (unpaired) electrons. The second-order valence-electron chi connectivity index (χ2n) is 10.3. The van der Waals surface area contributed by atoms with E-state index in [2.05, 4.69) is 0 Å². The standard InChI is InChI=1S/C29H48N2O5/c32-26(16-8-2-1-3-11-21-30-23-13-6-9-17-27(30)33)19-20-29(35)36-25-15-5-4-12-22-31-24-14-7-10-18-28(31)34/h19-20H,1-18,21-25H2/b20-19-. The molecule has 0 N–H and O–H groups in total. The Labute approximate surface area is 218 Å². The molecule has 2 saturated heterocycles. The maximum Gasteiger partial charge on any atom is 0.330 e. The van der Waals surface area contributed by atoms with Gasteiger partial charge in [-0.2, -0.15) is 0 Å². The van der Waals surface area contributed by atoms with Gasteiger partial charge in [-0.25, -0.2) is 4.79 Å². The van der Waals surface area contributed by atoms with Crippen molar-refractivity contribution in [1.29, 1.82) is 0 Å². The third kappa shape index (κ3) is 13.8. The van der Waals surface area contributed by atoms with Crippen molar-refractivity contribution in [1.82, 2.24) is 9.80 Å². The summed E-state index contributed by atoms with van der Waals surface area (Å²) in [5.41, 5.74) is 0. The minimum Gasteiger partial charge on any atom is -0.463 e. The number of rotatable bonds is 17. The van der Waals surface area contributed by atoms with E-state index in [-0.39, 0.29) is 5.78 Å². The van der Waals surface area contributed by atoms with Crippen LogP contribution in [0, 0.1) is 0 Å². The smallest absolute Gasteiger partial charge is 0.330 e. The van der Waals surface area contributed by atoms with Crippen LogP contribution in [0.5, 0.6) is 0 Å². The summed E-state index contributed by atoms with van der Waals surface area (Å²) < 4.78 is 5.19. The number of carbonyl (C=O) groups is 4. The van der Waals surface area contributed by atoms with E-state index in [4.69, 9.17) is 4.74 Å². The topological polar surface area (TPSA) is 84.0 Å². The molecule has 0 bridgehead atoms. The maximum atomic E-state index is 12.0. The maximum absolute atomic E-state index is 12.0. The number of unbranched alkanes of at least 4 members (excludes halogenated alkanes) is 7. The molecule has 0 aromatic carbocycles. The van der Waals surface area contributed by atoms with E-state index in [0.717, 1.165) is 122 Å². The van der Waals surface area contributed by atoms with Crippen LogP contribution in [0.2, 0.25) is 0 Å². The Kier molecular flexibility index (Phi) is 15.9. The molecule has 0 saturated carbocycles. The van der Waals surface area contributed by atoms with Crippen molar-refractivity contribution < 1.29 is 23.9 Å². The normalized spacial score (nSPS) is 17.3. The van der Waals surface area contributed by atoms with Crippen molar-refractivity contribution in [2.24, 2.45) is 0 Å². The Balaban J connectivity index is 1.39. The first-order valence-corrected chi connectivity index (χ1v) is 14.5. The number of esters is 1. The van der Waals surface area contributed by atoms with Gasteiger partial charge in [0.25, 0.3) is 0 Å². The van der Waals surface area contributed by atoms with E-state index in [1.54, 1.807) is 0 Å². The number of ketones is 1. The van der Waals surface area contributed by atoms with E-state index in [9.17, 15) is 19.2 Å². The van der Waals surface area contributed by atoms with Crippen LogP contribution in [0.1, 0.15) is 116 Å². The fourth-order valence-electron chi connectivity index (χ4n) is 4.91. The molecule has 2 heterocycles. The average Bonchev–Trinajstić information content (AvgIpc) is 3.20. The van der Waals surface area contributed by atoms with Crippen molar-refractivity contribution in [3.05, 3.63) is 12.2 Å². The minimum atomic E-state index is -0.457. The summed E-state index contributed by atoms with van der Waals surface area (Å²) in [6.45, 7) is 3.86. The van der Waals surface area contributed by atoms with Crippen LogP contribution in [0.3, 0.4) is 0 Å². The monoisotopic (exact) mass is 504 g/mol. The molecule has 2 aliphatic heterocycles. The van der Waals surface area contributed by atoms with Gasteiger partial charge < -0.3 is 14.5 Å². The van der Waals surface area contributed by atoms with Crippen LogP contribution in [0.25, 0.3) is 0 Å². The number of hydrogen-bond donors (Lipinski definition) is 0. The average molecular weight is 505 g/mol. The van der Waals surface area contributed by atoms with Gasteiger partial charge in [0.15, 0.2) is 5.78 Å². The largest absolute Gasteiger partial charge is 0.463 e. The van der Waals surface area contributed by atoms with Gasteiger partial charge in [0.05, 0.1) is 6.61 Å². The van der Waals surface area contributed by atoms with Gasteiger partial charge in [0.1, 0.15) is 0 Å². The molecule has 2 rings (SSSR count). The molecule has 2 amide bonds. The molecule has 0 unspecified atom stereocenters. The molecule has 0 spiro atoms. The number of ether oxygens (including phenoxy) is 1. The quantitative estimate of drug-likeness (QED) is 0.151. The summed E-state index contributed by atoms with van der Waals surface area (Å²) in [4.78, 5) is 51.7. The molecule has 36 heavy (non-hydrogen) atoms. The van der Waals surface area contributed by atoms with Crippen LogP contribution in [-0.2, 0) is 23.9 Å². The van der Waals surface area contributed by atoms with E-state index in [0.29, 0.717) is 37.7 Å². The van der Waals surface area contributed by atoms with Crippen molar-refractivity contribution in [2.75, 3.05) is 32.8 Å². The lowest BCUT2D eigenvalue weighted by atomic mass is 10.1. The zero-order valence-corrected chi connectivity index (χ0v) is 22.4. The third-order valence-corrected chi connectivity index (χ3v) is 7.17. The molecular weight excluding hydrogens is 456 g/mol. The van der Waals surface area contributed by atoms with Crippen LogP contribution >= 0.6 is 0 Å². The minimum absolute atomic E-state index is 0.0369. The summed E-state index contributed by atoms with van der Waals surface area (Å²) in [6, 6.07) is 0. The molecule has 0 aromatic rings. The highest BCUT2D eigenvalue weighted by Crippen LogP contribution is 2.14. The Morgan fingerprint density at radius 3 is 1.78 bits per heavy atom. The first-order valence-electron chi connectivity index (χ1n) is 14.5. The molecule has 2 aliphatic rings. The summed E-state index contributed by atoms with van der Waals surface area (Å²) in [7, 11) is 0. The van der Waals surface area contributed by atoms with Crippen molar-refractivity contribution in [3.8, 4) is 0 Å². The Bertz CT molecular complexity index is 648. The highest BCUT2D eigenvalue weighted by atomic mass is 16.5. The van der Waals surface area contributed by atoms with Gasteiger partial charge in [0.2, 0.25) is 11.8 Å². The second-order valence-corrected chi connectivity index (χ2v) is 10.3. The number of nitrogens with zero attached hydrogens (tertiary/aromatic N) is 2. The lowest BCUT2D eigenvalue weighted by Crippen LogP contribution is -2.31. The number of amides is 2. The second kappa shape index (κ2) is 19.0. The lowest BCUT2D eigenvalue weighted by Gasteiger charge is -2.20. The lowest BCUT2D eigenvalue weighted by molar-refractivity contribution is -0.138. The Morgan fingerprint density at radius 2 is 1.17 bits per heavy atom. The Hall–Kier alpha value is -2.18. The summed E-state index contributed by atoms with van der Waals surface area (Å²) >= 11 is 0. The van der Waals surface area contributed by atoms with Gasteiger partial charge in [0, 0.05) is 51.5 Å². The Morgan fingerprint density at radius 1 is 0.639 bits per heavy atom. The molecule has 0 aromatic heterocycles. The van der Waals surface area contributed by atoms with Crippen molar-refractivity contribution in [2.45, 2.75) is 116 Å². The van der Waals surface area contributed by atoms with E-state index >= 15 is 0 Å². The summed E-state index contributed by atoms with van der Waals surface area (Å²) in [5.74, 6) is 0.104. The van der Waals surface area contributed by atoms with E-state index in [1.807, 2.05) is 9.80 Å². The van der Waals surface area contributed by atoms with Gasteiger partial charge in [-0.3, -0.25) is 14.4 Å². The van der Waals surface area contributed by atoms with Gasteiger partial charge in [-0.1, -0.05) is 38.5 Å². The van der Waals surface area contributed by atoms with Gasteiger partial charge in [-0.15, -0.1) is 0 Å². The van der Waals surface area contributed by atoms with Crippen LogP contribution in [0.4, 0.5) is 0 Å². The van der Waals surface area contributed by atoms with Crippen molar-refractivity contribution in [3.63, 3.8) is 0 Å². The first-order chi connectivity index (χ1) is 17.6. The zero-order chi connectivity index (χ0) is 25.8. The van der Waals surface area contributed by atoms with E-state index < -0.39 is 5.97 Å². The molecular formula is C29H48N2O5. The highest BCUT2D eigenvalue weighted by Gasteiger charge is 2.16. The fourth-order valence-corrected chi connectivity index (χ4v) is 4.91. The first kappa shape index (κ1) is 30.0. The summed E-state index contributed by atoms with van der Waals surface area (Å²) in [5, 5.41) is 0. The summed E-state index contributed by atoms with van der Waals surface area (Å²) in [6.07, 6.45) is 19.8. The number of hydrogen-bond acceptors (Lipinski definition) is 5. The van der Waals surface area contributed by atoms with Crippen LogP contribution < -0.4 is 0 Å². The number of likely N-dealkylation sites (tertiary alicyclic amines) is 2. The SMILES string of the molecule is O=C(/C=C\C(=O)OCCCCCCN1CCCCCC1=O)CCCCCCCN1CCCCCC1=O. The molecule has 0 aliphatic carbocycles. The molecule has 7 nitrogen and oxygen atoms in total. The molecule has 0 atom stereocenters. The van der Waals surface area contributed by atoms with Gasteiger partial charge >= 0.3 is 5.97 Å². The highest BCUT2D eigenvalue weighted by molar-refractivity contribution is 5.95. The van der Waals surface area contributed by atoms with Crippen molar-refractivity contribution >= 4 is 23.6 Å². The third-order valence-electron chi connectivity index (χ3n) is 7.17. The van der Waals surface area contributed by atoms with E-state index in [1.165, 1.54) is 12.2 Å². The predicted octanol–water partition coefficient (Wildman–Crippen LogP) is 5.36. The fraction of sp³-hybridized carbons (Fsp3) is 0.793. The van der Waals surface area contributed by atoms with Crippen LogP contribution in [-0.4, -0.2) is 66.2 Å². The van der Waals surface area contributed by atoms with Gasteiger partial charge in [-0.05, 0) is 63.9 Å². The number of carbonyl (C=O) groups excluding carboxylic acids is 4. The number of allylic oxidation sites excluding steroid dienone is 1. The molecule has 7 heteroatoms. The molecule has 204 valence electrons. The van der Waals surface area contributed by atoms with Crippen LogP contribution in [0.15, 0.2) is 12.2 Å². The molecule has 2 fully saturated rings. The predicted molar refractivity (Wildman–Crippen MR) is 141 cm³/mol.